The number of ether oxygens (including phenoxy) is 1. The van der Waals surface area contributed by atoms with Crippen LogP contribution in [0.1, 0.15) is 32.6 Å². The molecule has 3 heteroatoms. The van der Waals surface area contributed by atoms with Crippen LogP contribution in [-0.4, -0.2) is 19.1 Å². The van der Waals surface area contributed by atoms with Gasteiger partial charge in [0.25, 0.3) is 0 Å². The van der Waals surface area contributed by atoms with Crippen LogP contribution in [-0.2, 0) is 9.53 Å². The minimum atomic E-state index is -0.309. The summed E-state index contributed by atoms with van der Waals surface area (Å²) in [4.78, 5) is 10.8. The van der Waals surface area contributed by atoms with Crippen molar-refractivity contribution < 1.29 is 9.53 Å². The molecule has 3 nitrogen and oxygen atoms in total. The number of nitrogens with one attached hydrogen (secondary N) is 1. The number of methoxy groups -OCH3 is 1. The van der Waals surface area contributed by atoms with Crippen LogP contribution < -0.4 is 5.32 Å². The van der Waals surface area contributed by atoms with E-state index in [1.807, 2.05) is 0 Å². The second kappa shape index (κ2) is 5.68. The van der Waals surface area contributed by atoms with Crippen molar-refractivity contribution >= 4 is 5.97 Å². The quantitative estimate of drug-likeness (QED) is 0.552. The lowest BCUT2D eigenvalue weighted by Crippen LogP contribution is -2.28. The van der Waals surface area contributed by atoms with Gasteiger partial charge in [0.05, 0.1) is 7.11 Å². The van der Waals surface area contributed by atoms with Crippen LogP contribution in [0.4, 0.5) is 0 Å². The molecule has 0 aliphatic heterocycles. The van der Waals surface area contributed by atoms with Gasteiger partial charge in [-0.3, -0.25) is 0 Å². The molecule has 1 fully saturated rings. The third-order valence-corrected chi connectivity index (χ3v) is 2.89. The maximum atomic E-state index is 10.8. The molecule has 1 rings (SSSR count). The monoisotopic (exact) mass is 197 g/mol. The molecule has 14 heavy (non-hydrogen) atoms. The minimum Gasteiger partial charge on any atom is -0.466 e. The van der Waals surface area contributed by atoms with Gasteiger partial charge in [0.1, 0.15) is 0 Å². The highest BCUT2D eigenvalue weighted by molar-refractivity contribution is 5.81. The molecule has 0 spiro atoms. The molecule has 0 aromatic carbocycles. The van der Waals surface area contributed by atoms with Crippen LogP contribution in [0.2, 0.25) is 0 Å². The first-order valence-corrected chi connectivity index (χ1v) is 5.24. The van der Waals surface area contributed by atoms with E-state index in [0.717, 1.165) is 5.92 Å². The summed E-state index contributed by atoms with van der Waals surface area (Å²) in [6, 6.07) is 0.457. The molecular formula is C11H19NO2. The highest BCUT2D eigenvalue weighted by atomic mass is 16.5. The van der Waals surface area contributed by atoms with E-state index in [4.69, 9.17) is 0 Å². The lowest BCUT2D eigenvalue weighted by atomic mass is 10.0. The molecule has 0 saturated heterocycles. The van der Waals surface area contributed by atoms with Crippen LogP contribution in [0, 0.1) is 5.92 Å². The molecule has 0 aromatic heterocycles. The summed E-state index contributed by atoms with van der Waals surface area (Å²) in [5, 5.41) is 3.21. The molecule has 0 bridgehead atoms. The van der Waals surface area contributed by atoms with E-state index >= 15 is 0 Å². The first kappa shape index (κ1) is 11.1. The Morgan fingerprint density at radius 3 is 2.71 bits per heavy atom. The average Bonchev–Trinajstić information content (AvgIpc) is 2.70. The molecule has 1 aliphatic rings. The number of carbonyl (C=O) groups excluding carboxylic acids is 1. The average molecular weight is 197 g/mol. The van der Waals surface area contributed by atoms with Crippen molar-refractivity contribution in [1.82, 2.24) is 5.32 Å². The summed E-state index contributed by atoms with van der Waals surface area (Å²) >= 11 is 0. The van der Waals surface area contributed by atoms with Gasteiger partial charge in [-0.1, -0.05) is 12.8 Å². The van der Waals surface area contributed by atoms with Crippen molar-refractivity contribution in [1.29, 1.82) is 0 Å². The van der Waals surface area contributed by atoms with Gasteiger partial charge in [-0.05, 0) is 25.7 Å². The summed E-state index contributed by atoms with van der Waals surface area (Å²) in [5.74, 6) is 0.452. The Balaban J connectivity index is 2.22. The lowest BCUT2D eigenvalue weighted by molar-refractivity contribution is -0.134. The topological polar surface area (TPSA) is 38.3 Å². The summed E-state index contributed by atoms with van der Waals surface area (Å²) < 4.78 is 4.49. The molecule has 1 N–H and O–H groups in total. The highest BCUT2D eigenvalue weighted by Gasteiger charge is 2.20. The van der Waals surface area contributed by atoms with Gasteiger partial charge in [0.2, 0.25) is 0 Å². The second-order valence-corrected chi connectivity index (χ2v) is 3.86. The smallest absolute Gasteiger partial charge is 0.331 e. The zero-order chi connectivity index (χ0) is 10.4. The Labute approximate surface area is 85.5 Å². The number of carbonyl (C=O) groups is 1. The van der Waals surface area contributed by atoms with Gasteiger partial charge in [0.15, 0.2) is 0 Å². The lowest BCUT2D eigenvalue weighted by Gasteiger charge is -2.18. The van der Waals surface area contributed by atoms with Crippen molar-refractivity contribution in [2.75, 3.05) is 7.11 Å². The maximum absolute atomic E-state index is 10.8. The molecule has 1 aliphatic carbocycles. The summed E-state index contributed by atoms with van der Waals surface area (Å²) in [6.07, 6.45) is 8.41. The number of esters is 1. The maximum Gasteiger partial charge on any atom is 0.331 e. The molecule has 80 valence electrons. The SMILES string of the molecule is COC(=O)/C=C/N[C@@H](C)C1CCCC1. The Hall–Kier alpha value is -0.990. The molecule has 0 aromatic rings. The van der Waals surface area contributed by atoms with E-state index < -0.39 is 0 Å². The Kier molecular flexibility index (Phi) is 4.50. The van der Waals surface area contributed by atoms with E-state index in [9.17, 15) is 4.79 Å². The number of rotatable bonds is 4. The molecule has 0 heterocycles. The van der Waals surface area contributed by atoms with Crippen molar-refractivity contribution in [3.8, 4) is 0 Å². The van der Waals surface area contributed by atoms with E-state index in [2.05, 4.69) is 17.0 Å². The van der Waals surface area contributed by atoms with Gasteiger partial charge < -0.3 is 10.1 Å². The van der Waals surface area contributed by atoms with E-state index in [0.29, 0.717) is 6.04 Å². The summed E-state index contributed by atoms with van der Waals surface area (Å²) in [5.41, 5.74) is 0. The third-order valence-electron chi connectivity index (χ3n) is 2.89. The normalized spacial score (nSPS) is 19.9. The Bertz CT molecular complexity index is 207. The zero-order valence-electron chi connectivity index (χ0n) is 8.95. The summed E-state index contributed by atoms with van der Waals surface area (Å²) in [7, 11) is 1.38. The van der Waals surface area contributed by atoms with Crippen molar-refractivity contribution in [2.45, 2.75) is 38.6 Å². The second-order valence-electron chi connectivity index (χ2n) is 3.86. The van der Waals surface area contributed by atoms with Gasteiger partial charge in [-0.25, -0.2) is 4.79 Å². The van der Waals surface area contributed by atoms with Gasteiger partial charge in [-0.2, -0.15) is 0 Å². The fourth-order valence-corrected chi connectivity index (χ4v) is 1.93. The summed E-state index contributed by atoms with van der Waals surface area (Å²) in [6.45, 7) is 2.16. The molecule has 0 amide bonds. The largest absolute Gasteiger partial charge is 0.466 e. The van der Waals surface area contributed by atoms with Gasteiger partial charge in [0, 0.05) is 18.3 Å². The van der Waals surface area contributed by atoms with Crippen LogP contribution in [0.25, 0.3) is 0 Å². The van der Waals surface area contributed by atoms with Crippen molar-refractivity contribution in [3.63, 3.8) is 0 Å². The number of hydrogen-bond acceptors (Lipinski definition) is 3. The molecule has 1 atom stereocenters. The standard InChI is InChI=1S/C11H19NO2/c1-9(10-5-3-4-6-10)12-8-7-11(13)14-2/h7-10,12H,3-6H2,1-2H3/b8-7+/t9-/m0/s1. The van der Waals surface area contributed by atoms with Crippen molar-refractivity contribution in [3.05, 3.63) is 12.3 Å². The minimum absolute atomic E-state index is 0.309. The highest BCUT2D eigenvalue weighted by Crippen LogP contribution is 2.27. The van der Waals surface area contributed by atoms with Gasteiger partial charge >= 0.3 is 5.97 Å². The van der Waals surface area contributed by atoms with E-state index in [1.54, 1.807) is 6.20 Å². The van der Waals surface area contributed by atoms with E-state index in [-0.39, 0.29) is 5.97 Å². The van der Waals surface area contributed by atoms with Crippen LogP contribution in [0.3, 0.4) is 0 Å². The fourth-order valence-electron chi connectivity index (χ4n) is 1.93. The molecular weight excluding hydrogens is 178 g/mol. The molecule has 0 radical (unpaired) electrons. The van der Waals surface area contributed by atoms with Crippen molar-refractivity contribution in [2.24, 2.45) is 5.92 Å². The van der Waals surface area contributed by atoms with E-state index in [1.165, 1.54) is 38.9 Å². The third kappa shape index (κ3) is 3.40. The van der Waals surface area contributed by atoms with Gasteiger partial charge in [-0.15, -0.1) is 0 Å². The van der Waals surface area contributed by atoms with Crippen LogP contribution in [0.5, 0.6) is 0 Å². The zero-order valence-corrected chi connectivity index (χ0v) is 8.95. The number of hydrogen-bond donors (Lipinski definition) is 1. The fraction of sp³-hybridized carbons (Fsp3) is 0.727. The van der Waals surface area contributed by atoms with Crippen LogP contribution >= 0.6 is 0 Å². The first-order chi connectivity index (χ1) is 6.74. The first-order valence-electron chi connectivity index (χ1n) is 5.24. The Morgan fingerprint density at radius 1 is 1.50 bits per heavy atom. The van der Waals surface area contributed by atoms with Crippen LogP contribution in [0.15, 0.2) is 12.3 Å². The predicted molar refractivity (Wildman–Crippen MR) is 55.7 cm³/mol. The molecule has 1 saturated carbocycles. The predicted octanol–water partition coefficient (Wildman–Crippen LogP) is 1.84. The Morgan fingerprint density at radius 2 is 2.14 bits per heavy atom. The molecule has 0 unspecified atom stereocenters.